The summed E-state index contributed by atoms with van der Waals surface area (Å²) in [5, 5.41) is 16.6. The number of amides is 1. The fourth-order valence-electron chi connectivity index (χ4n) is 8.22. The lowest BCUT2D eigenvalue weighted by atomic mass is 9.75. The number of fused-ring (bicyclic) bond motifs is 1. The van der Waals surface area contributed by atoms with E-state index in [2.05, 4.69) is 56.1 Å². The number of carbonyl (C=O) groups is 3. The first kappa shape index (κ1) is 45.8. The highest BCUT2D eigenvalue weighted by atomic mass is 16.6. The van der Waals surface area contributed by atoms with Crippen LogP contribution in [0.5, 0.6) is 17.4 Å². The summed E-state index contributed by atoms with van der Waals surface area (Å²) in [7, 11) is 1.53. The number of methoxy groups -OCH3 is 1. The van der Waals surface area contributed by atoms with Crippen molar-refractivity contribution < 1.29 is 38.4 Å². The Labute approximate surface area is 358 Å². The highest BCUT2D eigenvalue weighted by Crippen LogP contribution is 2.42. The Bertz CT molecular complexity index is 2210. The minimum Gasteiger partial charge on any atom is -0.495 e. The van der Waals surface area contributed by atoms with Crippen LogP contribution in [-0.2, 0) is 9.53 Å². The van der Waals surface area contributed by atoms with Crippen LogP contribution in [0.15, 0.2) is 61.7 Å². The maximum Gasteiger partial charge on any atom is 0.416 e. The molecule has 1 fully saturated rings. The van der Waals surface area contributed by atoms with Gasteiger partial charge in [0, 0.05) is 18.7 Å². The number of aromatic amines is 1. The van der Waals surface area contributed by atoms with E-state index >= 15 is 0 Å². The number of aliphatic carboxylic acids is 1. The SMILES string of the molecule is [C-]#[N+]c1c(C(=O)OC2C(C)CC(C)CC2C)c2nc(-c3ccc(OC)c(Nc4cc(C)ccc4OC(CCCCCCCC)C(=O)O)c3)[nH]n2c1OC(=O)N(CC=C)CC=C. The van der Waals surface area contributed by atoms with Crippen LogP contribution >= 0.6 is 0 Å². The van der Waals surface area contributed by atoms with Crippen molar-refractivity contribution in [1.82, 2.24) is 19.5 Å². The number of carboxylic acids is 1. The molecule has 0 saturated heterocycles. The Balaban J connectivity index is 1.53. The molecule has 0 bridgehead atoms. The van der Waals surface area contributed by atoms with E-state index in [1.165, 1.54) is 16.5 Å². The molecular weight excluding hydrogens is 777 g/mol. The molecule has 0 aliphatic heterocycles. The molecule has 2 aromatic carbocycles. The molecule has 1 aliphatic carbocycles. The maximum atomic E-state index is 14.2. The van der Waals surface area contributed by atoms with E-state index in [1.807, 2.05) is 19.1 Å². The van der Waals surface area contributed by atoms with Gasteiger partial charge in [0.05, 0.1) is 25.1 Å². The Morgan fingerprint density at radius 2 is 1.67 bits per heavy atom. The number of H-pyrrole nitrogens is 1. The molecule has 1 amide bonds. The van der Waals surface area contributed by atoms with Crippen molar-refractivity contribution in [1.29, 1.82) is 0 Å². The first-order valence-corrected chi connectivity index (χ1v) is 21.2. The summed E-state index contributed by atoms with van der Waals surface area (Å²) in [6.45, 7) is 26.3. The van der Waals surface area contributed by atoms with Gasteiger partial charge in [-0.2, -0.15) is 0 Å². The minimum atomic E-state index is -1.03. The molecule has 326 valence electrons. The second-order valence-corrected chi connectivity index (χ2v) is 16.2. The fraction of sp³-hybridized carbons (Fsp3) is 0.468. The normalized spacial score (nSPS) is 17.8. The molecule has 14 nitrogen and oxygen atoms in total. The smallest absolute Gasteiger partial charge is 0.416 e. The number of aryl methyl sites for hydroxylation is 1. The summed E-state index contributed by atoms with van der Waals surface area (Å²) in [5.74, 6) is -0.212. The third kappa shape index (κ3) is 11.1. The summed E-state index contributed by atoms with van der Waals surface area (Å²) in [6.07, 6.45) is 9.21. The van der Waals surface area contributed by atoms with Crippen LogP contribution < -0.4 is 19.5 Å². The van der Waals surface area contributed by atoms with Crippen LogP contribution in [0.1, 0.15) is 101 Å². The molecular formula is C47H60N6O8. The average Bonchev–Trinajstić information content (AvgIpc) is 3.78. The number of hydrogen-bond acceptors (Lipinski definition) is 9. The molecule has 0 radical (unpaired) electrons. The highest BCUT2D eigenvalue weighted by Gasteiger charge is 2.38. The number of aromatic nitrogens is 3. The van der Waals surface area contributed by atoms with Crippen LogP contribution in [0.4, 0.5) is 21.9 Å². The topological polar surface area (TPSA) is 161 Å². The van der Waals surface area contributed by atoms with Gasteiger partial charge < -0.3 is 34.3 Å². The first-order valence-electron chi connectivity index (χ1n) is 21.2. The average molecular weight is 837 g/mol. The zero-order chi connectivity index (χ0) is 44.2. The summed E-state index contributed by atoms with van der Waals surface area (Å²) in [5.41, 5.74) is 2.19. The van der Waals surface area contributed by atoms with Gasteiger partial charge in [0.2, 0.25) is 5.88 Å². The third-order valence-electron chi connectivity index (χ3n) is 11.1. The van der Waals surface area contributed by atoms with Gasteiger partial charge >= 0.3 is 18.0 Å². The number of nitrogens with one attached hydrogen (secondary N) is 2. The van der Waals surface area contributed by atoms with Crippen molar-refractivity contribution in [2.24, 2.45) is 17.8 Å². The highest BCUT2D eigenvalue weighted by molar-refractivity contribution is 6.05. The first-order chi connectivity index (χ1) is 29.3. The molecule has 3 atom stereocenters. The molecule has 2 heterocycles. The van der Waals surface area contributed by atoms with E-state index in [0.717, 1.165) is 56.9 Å². The summed E-state index contributed by atoms with van der Waals surface area (Å²) >= 11 is 0. The lowest BCUT2D eigenvalue weighted by Crippen LogP contribution is -2.37. The molecule has 4 aromatic rings. The fourth-order valence-corrected chi connectivity index (χ4v) is 8.22. The Hall–Kier alpha value is -6.23. The van der Waals surface area contributed by atoms with Crippen molar-refractivity contribution in [2.45, 2.75) is 105 Å². The molecule has 61 heavy (non-hydrogen) atoms. The number of benzene rings is 2. The van der Waals surface area contributed by atoms with Gasteiger partial charge in [0.1, 0.15) is 23.2 Å². The molecule has 0 spiro atoms. The zero-order valence-corrected chi connectivity index (χ0v) is 36.3. The van der Waals surface area contributed by atoms with Gasteiger partial charge in [-0.15, -0.1) is 13.2 Å². The van der Waals surface area contributed by atoms with Crippen molar-refractivity contribution in [3.63, 3.8) is 0 Å². The van der Waals surface area contributed by atoms with E-state index in [1.54, 1.807) is 36.4 Å². The van der Waals surface area contributed by atoms with Crippen molar-refractivity contribution in [3.05, 3.63) is 84.3 Å². The Kier molecular flexibility index (Phi) is 16.0. The molecule has 3 unspecified atom stereocenters. The number of hydrogen-bond donors (Lipinski definition) is 3. The number of ether oxygens (including phenoxy) is 4. The van der Waals surface area contributed by atoms with Crippen LogP contribution in [0.2, 0.25) is 0 Å². The largest absolute Gasteiger partial charge is 0.495 e. The van der Waals surface area contributed by atoms with Crippen LogP contribution in [0, 0.1) is 31.2 Å². The summed E-state index contributed by atoms with van der Waals surface area (Å²) in [6, 6.07) is 10.7. The second-order valence-electron chi connectivity index (χ2n) is 16.2. The minimum absolute atomic E-state index is 0.0436. The Morgan fingerprint density at radius 3 is 2.31 bits per heavy atom. The van der Waals surface area contributed by atoms with Gasteiger partial charge in [0.25, 0.3) is 5.69 Å². The van der Waals surface area contributed by atoms with Crippen LogP contribution in [0.25, 0.3) is 21.9 Å². The third-order valence-corrected chi connectivity index (χ3v) is 11.1. The van der Waals surface area contributed by atoms with E-state index in [9.17, 15) is 19.5 Å². The number of unbranched alkanes of at least 4 members (excludes halogenated alkanes) is 5. The van der Waals surface area contributed by atoms with Crippen molar-refractivity contribution in [2.75, 3.05) is 25.5 Å². The van der Waals surface area contributed by atoms with E-state index in [4.69, 9.17) is 30.5 Å². The molecule has 3 N–H and O–H groups in total. The monoisotopic (exact) mass is 836 g/mol. The van der Waals surface area contributed by atoms with Crippen molar-refractivity contribution >= 4 is 40.7 Å². The predicted octanol–water partition coefficient (Wildman–Crippen LogP) is 10.9. The van der Waals surface area contributed by atoms with Gasteiger partial charge in [-0.25, -0.2) is 28.7 Å². The van der Waals surface area contributed by atoms with Crippen LogP contribution in [0.3, 0.4) is 0 Å². The number of nitrogens with zero attached hydrogens (tertiary/aromatic N) is 4. The summed E-state index contributed by atoms with van der Waals surface area (Å²) in [4.78, 5) is 49.9. The quantitative estimate of drug-likeness (QED) is 0.0319. The lowest BCUT2D eigenvalue weighted by molar-refractivity contribution is -0.145. The van der Waals surface area contributed by atoms with Gasteiger partial charge in [-0.1, -0.05) is 78.0 Å². The lowest BCUT2D eigenvalue weighted by Gasteiger charge is -2.37. The van der Waals surface area contributed by atoms with Gasteiger partial charge in [0.15, 0.2) is 17.6 Å². The zero-order valence-electron chi connectivity index (χ0n) is 36.3. The van der Waals surface area contributed by atoms with Gasteiger partial charge in [-0.3, -0.25) is 5.10 Å². The number of carboxylic acid groups (broad SMARTS) is 1. The predicted molar refractivity (Wildman–Crippen MR) is 236 cm³/mol. The molecule has 14 heteroatoms. The number of esters is 1. The molecule has 1 aliphatic rings. The summed E-state index contributed by atoms with van der Waals surface area (Å²) < 4.78 is 25.3. The Morgan fingerprint density at radius 1 is 1.02 bits per heavy atom. The molecule has 2 aromatic heterocycles. The number of anilines is 2. The number of carbonyl (C=O) groups excluding carboxylic acids is 2. The van der Waals surface area contributed by atoms with Gasteiger partial charge in [-0.05, 0) is 86.3 Å². The number of rotatable bonds is 21. The standard InChI is InChI=1S/C47H60N6O8/c1-10-13-14-15-16-17-18-38(45(54)55)59-37-21-19-29(4)27-34(37)49-35-28-33(20-22-36(35)58-9)42-50-43-39(46(56)60-41-31(6)25-30(5)26-32(41)7)40(48-8)44(53(43)51-42)61-47(57)52(23-11-2)24-12-3/h11-12,19-22,27-28,30-32,38,41,49H,2-3,10,13-18,23-26H2,1,4-7,9H3,(H,50,51)(H,54,55). The van der Waals surface area contributed by atoms with Crippen LogP contribution in [-0.4, -0.2) is 75.0 Å². The van der Waals surface area contributed by atoms with Crippen molar-refractivity contribution in [3.8, 4) is 28.8 Å². The molecule has 5 rings (SSSR count). The second kappa shape index (κ2) is 21.3. The van der Waals surface area contributed by atoms with E-state index in [-0.39, 0.29) is 59.6 Å². The maximum absolute atomic E-state index is 14.2. The molecule has 1 saturated carbocycles. The van der Waals surface area contributed by atoms with E-state index < -0.39 is 24.1 Å². The van der Waals surface area contributed by atoms with E-state index in [0.29, 0.717) is 40.8 Å².